The molecule has 2 nitrogen and oxygen atoms in total. The molecule has 1 aromatic carbocycles. The fourth-order valence-electron chi connectivity index (χ4n) is 3.45. The van der Waals surface area contributed by atoms with Gasteiger partial charge in [-0.3, -0.25) is 0 Å². The normalized spacial score (nSPS) is 26.5. The molecule has 0 saturated heterocycles. The van der Waals surface area contributed by atoms with Gasteiger partial charge in [0.05, 0.1) is 11.0 Å². The summed E-state index contributed by atoms with van der Waals surface area (Å²) in [5, 5.41) is 0. The molecule has 3 unspecified atom stereocenters. The van der Waals surface area contributed by atoms with Crippen LogP contribution in [-0.2, 0) is 6.42 Å². The van der Waals surface area contributed by atoms with E-state index in [9.17, 15) is 4.39 Å². The Hall–Kier alpha value is -1.09. The average molecular weight is 295 g/mol. The maximum Gasteiger partial charge on any atom is 0.125 e. The van der Waals surface area contributed by atoms with Crippen molar-refractivity contribution in [3.05, 3.63) is 29.8 Å². The number of imidazole rings is 1. The zero-order valence-corrected chi connectivity index (χ0v) is 12.7. The highest BCUT2D eigenvalue weighted by molar-refractivity contribution is 6.17. The smallest absolute Gasteiger partial charge is 0.125 e. The topological polar surface area (TPSA) is 17.8 Å². The maximum absolute atomic E-state index is 13.6. The Labute approximate surface area is 123 Å². The van der Waals surface area contributed by atoms with Crippen LogP contribution in [0.25, 0.3) is 11.0 Å². The van der Waals surface area contributed by atoms with Crippen LogP contribution in [0.3, 0.4) is 0 Å². The van der Waals surface area contributed by atoms with Crippen molar-refractivity contribution in [2.24, 2.45) is 11.8 Å². The van der Waals surface area contributed by atoms with Gasteiger partial charge in [0.25, 0.3) is 0 Å². The molecular formula is C16H20ClFN2. The van der Waals surface area contributed by atoms with Gasteiger partial charge < -0.3 is 4.57 Å². The van der Waals surface area contributed by atoms with E-state index in [-0.39, 0.29) is 5.82 Å². The van der Waals surface area contributed by atoms with Crippen molar-refractivity contribution < 1.29 is 4.39 Å². The van der Waals surface area contributed by atoms with E-state index in [2.05, 4.69) is 23.4 Å². The quantitative estimate of drug-likeness (QED) is 0.759. The predicted octanol–water partition coefficient (Wildman–Crippen LogP) is 4.56. The Morgan fingerprint density at radius 1 is 1.35 bits per heavy atom. The van der Waals surface area contributed by atoms with Gasteiger partial charge in [-0.2, -0.15) is 0 Å². The summed E-state index contributed by atoms with van der Waals surface area (Å²) in [6.45, 7) is 4.59. The number of aryl methyl sites for hydroxylation is 1. The number of alkyl halides is 1. The number of halogens is 2. The molecule has 108 valence electrons. The van der Waals surface area contributed by atoms with E-state index in [1.165, 1.54) is 12.5 Å². The van der Waals surface area contributed by atoms with Crippen LogP contribution in [0.4, 0.5) is 4.39 Å². The Bertz CT molecular complexity index is 622. The Balaban J connectivity index is 2.15. The minimum absolute atomic E-state index is 0.199. The second-order valence-electron chi connectivity index (χ2n) is 5.95. The molecule has 3 atom stereocenters. The number of benzene rings is 1. The third-order valence-corrected chi connectivity index (χ3v) is 4.99. The van der Waals surface area contributed by atoms with Crippen LogP contribution < -0.4 is 0 Å². The number of hydrogen-bond donors (Lipinski definition) is 0. The monoisotopic (exact) mass is 294 g/mol. The SMILES string of the molecule is CC1CCC(n2c(CCCl)nc3ccc(F)cc32)C1C. The second-order valence-corrected chi connectivity index (χ2v) is 6.33. The number of aromatic nitrogens is 2. The van der Waals surface area contributed by atoms with Gasteiger partial charge in [-0.25, -0.2) is 9.37 Å². The average Bonchev–Trinajstić information content (AvgIpc) is 2.92. The van der Waals surface area contributed by atoms with Crippen LogP contribution in [-0.4, -0.2) is 15.4 Å². The molecule has 1 saturated carbocycles. The second kappa shape index (κ2) is 5.36. The summed E-state index contributed by atoms with van der Waals surface area (Å²) in [5.41, 5.74) is 1.79. The molecule has 4 heteroatoms. The third kappa shape index (κ3) is 2.22. The van der Waals surface area contributed by atoms with Gasteiger partial charge in [-0.05, 0) is 42.9 Å². The van der Waals surface area contributed by atoms with Crippen molar-refractivity contribution in [1.29, 1.82) is 0 Å². The van der Waals surface area contributed by atoms with Crippen LogP contribution in [0.5, 0.6) is 0 Å². The van der Waals surface area contributed by atoms with Gasteiger partial charge >= 0.3 is 0 Å². The fraction of sp³-hybridized carbons (Fsp3) is 0.562. The van der Waals surface area contributed by atoms with E-state index in [1.54, 1.807) is 12.1 Å². The van der Waals surface area contributed by atoms with Crippen LogP contribution in [0.15, 0.2) is 18.2 Å². The minimum Gasteiger partial charge on any atom is -0.324 e. The number of nitrogens with zero attached hydrogens (tertiary/aromatic N) is 2. The lowest BCUT2D eigenvalue weighted by Crippen LogP contribution is -2.17. The van der Waals surface area contributed by atoms with Crippen molar-refractivity contribution in [3.63, 3.8) is 0 Å². The summed E-state index contributed by atoms with van der Waals surface area (Å²) in [7, 11) is 0. The predicted molar refractivity (Wildman–Crippen MR) is 80.7 cm³/mol. The van der Waals surface area contributed by atoms with Crippen molar-refractivity contribution in [1.82, 2.24) is 9.55 Å². The summed E-state index contributed by atoms with van der Waals surface area (Å²) >= 11 is 5.91. The highest BCUT2D eigenvalue weighted by atomic mass is 35.5. The lowest BCUT2D eigenvalue weighted by atomic mass is 9.97. The molecule has 0 N–H and O–H groups in total. The van der Waals surface area contributed by atoms with Crippen molar-refractivity contribution in [2.75, 3.05) is 5.88 Å². The lowest BCUT2D eigenvalue weighted by molar-refractivity contribution is 0.352. The molecule has 1 aliphatic rings. The first-order chi connectivity index (χ1) is 9.61. The molecule has 0 spiro atoms. The number of rotatable bonds is 3. The summed E-state index contributed by atoms with van der Waals surface area (Å²) < 4.78 is 15.9. The number of fused-ring (bicyclic) bond motifs is 1. The van der Waals surface area contributed by atoms with Crippen molar-refractivity contribution >= 4 is 22.6 Å². The van der Waals surface area contributed by atoms with Gasteiger partial charge in [0.2, 0.25) is 0 Å². The molecule has 1 heterocycles. The molecule has 3 rings (SSSR count). The first-order valence-corrected chi connectivity index (χ1v) is 7.87. The lowest BCUT2D eigenvalue weighted by Gasteiger charge is -2.22. The Morgan fingerprint density at radius 2 is 2.15 bits per heavy atom. The van der Waals surface area contributed by atoms with Crippen molar-refractivity contribution in [2.45, 2.75) is 39.2 Å². The standard InChI is InChI=1S/C16H20ClFN2/c1-10-3-6-14(11(10)2)20-15-9-12(18)4-5-13(15)19-16(20)7-8-17/h4-5,9-11,14H,3,6-8H2,1-2H3. The van der Waals surface area contributed by atoms with Crippen LogP contribution in [0, 0.1) is 17.7 Å². The minimum atomic E-state index is -0.199. The van der Waals surface area contributed by atoms with E-state index in [4.69, 9.17) is 11.6 Å². The van der Waals surface area contributed by atoms with E-state index in [0.717, 1.165) is 29.7 Å². The molecule has 1 fully saturated rings. The fourth-order valence-corrected chi connectivity index (χ4v) is 3.62. The number of hydrogen-bond acceptors (Lipinski definition) is 1. The Kier molecular flexibility index (Phi) is 3.72. The highest BCUT2D eigenvalue weighted by Crippen LogP contribution is 2.42. The summed E-state index contributed by atoms with van der Waals surface area (Å²) in [5.74, 6) is 2.63. The van der Waals surface area contributed by atoms with Crippen LogP contribution in [0.2, 0.25) is 0 Å². The van der Waals surface area contributed by atoms with E-state index in [0.29, 0.717) is 23.8 Å². The Morgan fingerprint density at radius 3 is 2.80 bits per heavy atom. The molecular weight excluding hydrogens is 275 g/mol. The molecule has 20 heavy (non-hydrogen) atoms. The van der Waals surface area contributed by atoms with Crippen LogP contribution in [0.1, 0.15) is 38.6 Å². The molecule has 1 aromatic heterocycles. The first kappa shape index (κ1) is 13.9. The largest absolute Gasteiger partial charge is 0.324 e. The molecule has 2 aromatic rings. The zero-order valence-electron chi connectivity index (χ0n) is 11.9. The summed E-state index contributed by atoms with van der Waals surface area (Å²) in [6.07, 6.45) is 3.09. The van der Waals surface area contributed by atoms with E-state index in [1.807, 2.05) is 0 Å². The molecule has 0 bridgehead atoms. The van der Waals surface area contributed by atoms with Crippen LogP contribution >= 0.6 is 11.6 Å². The van der Waals surface area contributed by atoms with E-state index >= 15 is 0 Å². The van der Waals surface area contributed by atoms with Gasteiger partial charge in [0.1, 0.15) is 11.6 Å². The molecule has 0 radical (unpaired) electrons. The summed E-state index contributed by atoms with van der Waals surface area (Å²) in [6, 6.07) is 5.26. The molecule has 1 aliphatic carbocycles. The van der Waals surface area contributed by atoms with Gasteiger partial charge in [0, 0.05) is 18.3 Å². The van der Waals surface area contributed by atoms with Gasteiger partial charge in [0.15, 0.2) is 0 Å². The zero-order chi connectivity index (χ0) is 14.3. The highest BCUT2D eigenvalue weighted by Gasteiger charge is 2.33. The molecule has 0 amide bonds. The van der Waals surface area contributed by atoms with E-state index < -0.39 is 0 Å². The maximum atomic E-state index is 13.6. The summed E-state index contributed by atoms with van der Waals surface area (Å²) in [4.78, 5) is 4.66. The molecule has 0 aliphatic heterocycles. The van der Waals surface area contributed by atoms with Gasteiger partial charge in [-0.15, -0.1) is 11.6 Å². The van der Waals surface area contributed by atoms with Gasteiger partial charge in [-0.1, -0.05) is 13.8 Å². The third-order valence-electron chi connectivity index (χ3n) is 4.80. The van der Waals surface area contributed by atoms with Crippen molar-refractivity contribution in [3.8, 4) is 0 Å². The first-order valence-electron chi connectivity index (χ1n) is 7.34.